The molecule has 0 radical (unpaired) electrons. The number of sulfonamides is 1. The Morgan fingerprint density at radius 3 is 2.65 bits per heavy atom. The van der Waals surface area contributed by atoms with E-state index >= 15 is 0 Å². The summed E-state index contributed by atoms with van der Waals surface area (Å²) in [6.07, 6.45) is 5.16. The smallest absolute Gasteiger partial charge is 0.274 e. The molecule has 1 saturated heterocycles. The van der Waals surface area contributed by atoms with Gasteiger partial charge in [0.15, 0.2) is 5.82 Å². The van der Waals surface area contributed by atoms with Gasteiger partial charge < -0.3 is 14.4 Å². The van der Waals surface area contributed by atoms with E-state index in [9.17, 15) is 8.42 Å². The highest BCUT2D eigenvalue weighted by Gasteiger charge is 2.28. The summed E-state index contributed by atoms with van der Waals surface area (Å²) in [5.74, 6) is 0.930. The summed E-state index contributed by atoms with van der Waals surface area (Å²) in [6.45, 7) is 3.19. The molecule has 0 spiro atoms. The first-order chi connectivity index (χ1) is 11.9. The molecule has 3 rings (SSSR count). The van der Waals surface area contributed by atoms with Crippen molar-refractivity contribution >= 4 is 22.4 Å². The third-order valence-electron chi connectivity index (χ3n) is 4.60. The van der Waals surface area contributed by atoms with Crippen molar-refractivity contribution in [1.29, 1.82) is 0 Å². The number of hydrogen-bond acceptors (Lipinski definition) is 6. The molecule has 146 valence electrons. The number of hydrogen-bond donors (Lipinski definition) is 1. The molecule has 10 heteroatoms. The number of likely N-dealkylation sites (N-methyl/N-ethyl adjacent to an activating group) is 1. The monoisotopic (exact) mass is 403 g/mol. The Balaban J connectivity index is 0.00000243. The van der Waals surface area contributed by atoms with Crippen molar-refractivity contribution in [2.75, 3.05) is 20.1 Å². The topological polar surface area (TPSA) is 93.3 Å². The largest absolute Gasteiger partial charge is 0.345 e. The molecule has 0 amide bonds. The van der Waals surface area contributed by atoms with Crippen LogP contribution in [-0.2, 0) is 23.5 Å². The molecule has 1 aliphatic rings. The Bertz CT molecular complexity index is 827. The Labute approximate surface area is 160 Å². The van der Waals surface area contributed by atoms with E-state index in [0.29, 0.717) is 36.9 Å². The quantitative estimate of drug-likeness (QED) is 0.790. The number of halogens is 1. The third-order valence-corrected chi connectivity index (χ3v) is 6.47. The van der Waals surface area contributed by atoms with Crippen LogP contribution >= 0.6 is 12.4 Å². The molecule has 0 aromatic carbocycles. The fraction of sp³-hybridized carbons (Fsp3) is 0.625. The highest BCUT2D eigenvalue weighted by molar-refractivity contribution is 7.89. The molecule has 1 fully saturated rings. The van der Waals surface area contributed by atoms with E-state index in [0.717, 1.165) is 19.3 Å². The van der Waals surface area contributed by atoms with Crippen LogP contribution in [0, 0.1) is 0 Å². The van der Waals surface area contributed by atoms with Crippen LogP contribution in [-0.4, -0.2) is 53.6 Å². The van der Waals surface area contributed by atoms with Gasteiger partial charge in [0.25, 0.3) is 5.89 Å². The van der Waals surface area contributed by atoms with Crippen molar-refractivity contribution in [3.8, 4) is 11.6 Å². The Kier molecular flexibility index (Phi) is 6.84. The second-order valence-corrected chi connectivity index (χ2v) is 8.48. The van der Waals surface area contributed by atoms with Crippen molar-refractivity contribution in [2.24, 2.45) is 7.05 Å². The second-order valence-electron chi connectivity index (χ2n) is 6.55. The van der Waals surface area contributed by atoms with Crippen LogP contribution in [0.1, 0.15) is 32.0 Å². The molecule has 1 aliphatic heterocycles. The van der Waals surface area contributed by atoms with Crippen LogP contribution < -0.4 is 5.32 Å². The molecule has 3 heterocycles. The molecule has 1 N–H and O–H groups in total. The van der Waals surface area contributed by atoms with E-state index in [1.54, 1.807) is 28.2 Å². The molecule has 26 heavy (non-hydrogen) atoms. The van der Waals surface area contributed by atoms with E-state index in [1.807, 2.05) is 14.0 Å². The van der Waals surface area contributed by atoms with Crippen LogP contribution in [0.3, 0.4) is 0 Å². The zero-order valence-electron chi connectivity index (χ0n) is 15.3. The number of piperidine rings is 1. The minimum absolute atomic E-state index is 0. The molecule has 8 nitrogen and oxygen atoms in total. The summed E-state index contributed by atoms with van der Waals surface area (Å²) in [5, 5.41) is 7.11. The van der Waals surface area contributed by atoms with Crippen LogP contribution in [0.4, 0.5) is 0 Å². The lowest BCUT2D eigenvalue weighted by Gasteiger charge is -2.25. The van der Waals surface area contributed by atoms with Crippen molar-refractivity contribution in [2.45, 2.75) is 43.5 Å². The lowest BCUT2D eigenvalue weighted by atomic mass is 10.2. The molecule has 2 aromatic rings. The third kappa shape index (κ3) is 4.28. The van der Waals surface area contributed by atoms with Crippen LogP contribution in [0.5, 0.6) is 0 Å². The molecule has 1 atom stereocenters. The fourth-order valence-electron chi connectivity index (χ4n) is 2.96. The van der Waals surface area contributed by atoms with Gasteiger partial charge in [-0.3, -0.25) is 0 Å². The molecule has 2 aromatic heterocycles. The summed E-state index contributed by atoms with van der Waals surface area (Å²) in [5.41, 5.74) is 0.603. The lowest BCUT2D eigenvalue weighted by Crippen LogP contribution is -2.35. The molecular weight excluding hydrogens is 378 g/mol. The predicted octanol–water partition coefficient (Wildman–Crippen LogP) is 1.82. The summed E-state index contributed by atoms with van der Waals surface area (Å²) in [4.78, 5) is 4.66. The number of nitrogens with one attached hydrogen (secondary N) is 1. The molecule has 0 saturated carbocycles. The second kappa shape index (κ2) is 8.51. The van der Waals surface area contributed by atoms with E-state index in [2.05, 4.69) is 15.5 Å². The maximum Gasteiger partial charge on any atom is 0.274 e. The minimum atomic E-state index is -3.48. The van der Waals surface area contributed by atoms with Crippen molar-refractivity contribution in [3.05, 3.63) is 18.1 Å². The van der Waals surface area contributed by atoms with E-state index in [-0.39, 0.29) is 23.3 Å². The lowest BCUT2D eigenvalue weighted by molar-refractivity contribution is 0.346. The standard InChI is InChI=1S/C16H25N5O3S.ClH/c1-12(17-2)9-15-18-16(24-19-15)14-10-13(11-20(14)3)25(22,23)21-7-5-4-6-8-21;/h10-12,17H,4-9H2,1-3H3;1H. The SMILES string of the molecule is CNC(C)Cc1noc(-c2cc(S(=O)(=O)N3CCCCC3)cn2C)n1.Cl. The summed E-state index contributed by atoms with van der Waals surface area (Å²) < 4.78 is 34.2. The van der Waals surface area contributed by atoms with Crippen LogP contribution in [0.2, 0.25) is 0 Å². The van der Waals surface area contributed by atoms with Crippen LogP contribution in [0.25, 0.3) is 11.6 Å². The van der Waals surface area contributed by atoms with Crippen molar-refractivity contribution in [3.63, 3.8) is 0 Å². The van der Waals surface area contributed by atoms with Gasteiger partial charge >= 0.3 is 0 Å². The van der Waals surface area contributed by atoms with E-state index in [1.165, 1.54) is 0 Å². The predicted molar refractivity (Wildman–Crippen MR) is 101 cm³/mol. The van der Waals surface area contributed by atoms with Crippen LogP contribution in [0.15, 0.2) is 21.7 Å². The average Bonchev–Trinajstić information content (AvgIpc) is 3.22. The summed E-state index contributed by atoms with van der Waals surface area (Å²) in [6, 6.07) is 1.84. The first-order valence-electron chi connectivity index (χ1n) is 8.58. The van der Waals surface area contributed by atoms with Gasteiger partial charge in [0.05, 0.1) is 0 Å². The van der Waals surface area contributed by atoms with Gasteiger partial charge in [-0.2, -0.15) is 9.29 Å². The number of aromatic nitrogens is 3. The van der Waals surface area contributed by atoms with Gasteiger partial charge in [0.2, 0.25) is 10.0 Å². The fourth-order valence-corrected chi connectivity index (χ4v) is 4.55. The minimum Gasteiger partial charge on any atom is -0.345 e. The maximum absolute atomic E-state index is 12.8. The van der Waals surface area contributed by atoms with E-state index < -0.39 is 10.0 Å². The molecular formula is C16H26ClN5O3S. The maximum atomic E-state index is 12.8. The van der Waals surface area contributed by atoms with Gasteiger partial charge in [-0.25, -0.2) is 8.42 Å². The Morgan fingerprint density at radius 2 is 2.00 bits per heavy atom. The first-order valence-corrected chi connectivity index (χ1v) is 10.0. The number of nitrogens with zero attached hydrogens (tertiary/aromatic N) is 4. The summed E-state index contributed by atoms with van der Waals surface area (Å²) >= 11 is 0. The first kappa shape index (κ1) is 20.9. The van der Waals surface area contributed by atoms with Gasteiger partial charge in [-0.15, -0.1) is 12.4 Å². The average molecular weight is 404 g/mol. The molecule has 1 unspecified atom stereocenters. The zero-order chi connectivity index (χ0) is 18.0. The zero-order valence-corrected chi connectivity index (χ0v) is 16.9. The van der Waals surface area contributed by atoms with Crippen molar-refractivity contribution in [1.82, 2.24) is 24.3 Å². The number of aryl methyl sites for hydroxylation is 1. The van der Waals surface area contributed by atoms with Gasteiger partial charge in [-0.1, -0.05) is 11.6 Å². The Hall–Kier alpha value is -1.42. The Morgan fingerprint density at radius 1 is 1.31 bits per heavy atom. The van der Waals surface area contributed by atoms with Gasteiger partial charge in [0, 0.05) is 38.8 Å². The van der Waals surface area contributed by atoms with Gasteiger partial charge in [0.1, 0.15) is 10.6 Å². The molecule has 0 bridgehead atoms. The molecule has 0 aliphatic carbocycles. The summed E-state index contributed by atoms with van der Waals surface area (Å²) in [7, 11) is 0.183. The highest BCUT2D eigenvalue weighted by atomic mass is 35.5. The number of rotatable bonds is 6. The van der Waals surface area contributed by atoms with Crippen molar-refractivity contribution < 1.29 is 12.9 Å². The van der Waals surface area contributed by atoms with Gasteiger partial charge in [-0.05, 0) is 32.9 Å². The van der Waals surface area contributed by atoms with E-state index in [4.69, 9.17) is 4.52 Å². The highest BCUT2D eigenvalue weighted by Crippen LogP contribution is 2.26. The normalized spacial score (nSPS) is 17.0.